The summed E-state index contributed by atoms with van der Waals surface area (Å²) in [7, 11) is 0. The van der Waals surface area contributed by atoms with Gasteiger partial charge in [0.1, 0.15) is 17.5 Å². The van der Waals surface area contributed by atoms with Gasteiger partial charge in [-0.1, -0.05) is 19.1 Å². The van der Waals surface area contributed by atoms with Crippen LogP contribution in [0, 0.1) is 6.92 Å². The molecule has 0 aliphatic carbocycles. The van der Waals surface area contributed by atoms with E-state index in [0.29, 0.717) is 24.3 Å². The van der Waals surface area contributed by atoms with Crippen molar-refractivity contribution in [3.8, 4) is 11.5 Å². The molecule has 1 atom stereocenters. The lowest BCUT2D eigenvalue weighted by Gasteiger charge is -2.18. The van der Waals surface area contributed by atoms with E-state index in [1.165, 1.54) is 0 Å². The maximum atomic E-state index is 12.5. The molecule has 0 fully saturated rings. The molecule has 0 radical (unpaired) electrons. The molecule has 0 aliphatic heterocycles. The number of benzene rings is 2. The first-order chi connectivity index (χ1) is 13.0. The van der Waals surface area contributed by atoms with Crippen molar-refractivity contribution in [2.45, 2.75) is 32.7 Å². The van der Waals surface area contributed by atoms with Crippen LogP contribution in [0.4, 0.5) is 5.69 Å². The molecular weight excluding hydrogens is 360 g/mol. The number of rotatable bonds is 9. The summed E-state index contributed by atoms with van der Waals surface area (Å²) in [4.78, 5) is 24.2. The first kappa shape index (κ1) is 20.8. The number of hydrogen-bond acceptors (Lipinski definition) is 4. The molecule has 144 valence electrons. The van der Waals surface area contributed by atoms with Crippen LogP contribution in [0.25, 0.3) is 0 Å². The van der Waals surface area contributed by atoms with E-state index in [1.54, 1.807) is 43.0 Å². The van der Waals surface area contributed by atoms with Crippen molar-refractivity contribution < 1.29 is 14.3 Å². The summed E-state index contributed by atoms with van der Waals surface area (Å²) in [5.41, 5.74) is 1.79. The summed E-state index contributed by atoms with van der Waals surface area (Å²) in [6.07, 6.45) is 2.92. The van der Waals surface area contributed by atoms with Gasteiger partial charge in [0, 0.05) is 12.1 Å². The molecular formula is C21H26N2O3S. The highest BCUT2D eigenvalue weighted by atomic mass is 32.2. The summed E-state index contributed by atoms with van der Waals surface area (Å²) < 4.78 is 5.81. The highest BCUT2D eigenvalue weighted by molar-refractivity contribution is 7.98. The molecule has 2 rings (SSSR count). The molecule has 5 nitrogen and oxygen atoms in total. The summed E-state index contributed by atoms with van der Waals surface area (Å²) >= 11 is 1.64. The summed E-state index contributed by atoms with van der Waals surface area (Å²) in [6.45, 7) is 3.78. The van der Waals surface area contributed by atoms with E-state index in [2.05, 4.69) is 10.6 Å². The molecule has 0 saturated heterocycles. The molecule has 0 aliphatic rings. The van der Waals surface area contributed by atoms with E-state index < -0.39 is 6.04 Å². The molecule has 2 amide bonds. The van der Waals surface area contributed by atoms with E-state index in [9.17, 15) is 9.59 Å². The lowest BCUT2D eigenvalue weighted by atomic mass is 10.2. The minimum absolute atomic E-state index is 0.127. The number of carbonyl (C=O) groups excluding carboxylic acids is 2. The number of nitrogens with one attached hydrogen (secondary N) is 2. The molecule has 27 heavy (non-hydrogen) atoms. The van der Waals surface area contributed by atoms with Gasteiger partial charge in [0.05, 0.1) is 0 Å². The Morgan fingerprint density at radius 1 is 1.11 bits per heavy atom. The van der Waals surface area contributed by atoms with Crippen LogP contribution in [0.3, 0.4) is 0 Å². The smallest absolute Gasteiger partial charge is 0.246 e. The molecule has 2 aromatic rings. The molecule has 6 heteroatoms. The van der Waals surface area contributed by atoms with Crippen molar-refractivity contribution >= 4 is 29.3 Å². The molecule has 2 aromatic carbocycles. The maximum absolute atomic E-state index is 12.5. The summed E-state index contributed by atoms with van der Waals surface area (Å²) in [6, 6.07) is 14.5. The number of amides is 2. The number of ether oxygens (including phenoxy) is 1. The van der Waals surface area contributed by atoms with Gasteiger partial charge in [-0.3, -0.25) is 9.59 Å². The highest BCUT2D eigenvalue weighted by Crippen LogP contribution is 2.23. The van der Waals surface area contributed by atoms with Gasteiger partial charge in [-0.25, -0.2) is 0 Å². The van der Waals surface area contributed by atoms with Gasteiger partial charge in [0.25, 0.3) is 0 Å². The molecule has 0 saturated carbocycles. The topological polar surface area (TPSA) is 67.4 Å². The van der Waals surface area contributed by atoms with Crippen LogP contribution in [0.2, 0.25) is 0 Å². The van der Waals surface area contributed by atoms with Crippen LogP contribution < -0.4 is 15.4 Å². The fourth-order valence-electron chi connectivity index (χ4n) is 2.45. The molecule has 1 unspecified atom stereocenters. The van der Waals surface area contributed by atoms with Crippen LogP contribution in [-0.2, 0) is 9.59 Å². The number of thioether (sulfide) groups is 1. The molecule has 0 spiro atoms. The van der Waals surface area contributed by atoms with Gasteiger partial charge in [-0.05, 0) is 67.3 Å². The van der Waals surface area contributed by atoms with Crippen molar-refractivity contribution in [2.24, 2.45) is 0 Å². The Hall–Kier alpha value is -2.47. The first-order valence-corrected chi connectivity index (χ1v) is 10.3. The van der Waals surface area contributed by atoms with Crippen LogP contribution in [0.1, 0.15) is 25.3 Å². The molecule has 0 aromatic heterocycles. The molecule has 0 heterocycles. The minimum Gasteiger partial charge on any atom is -0.457 e. The third kappa shape index (κ3) is 6.98. The van der Waals surface area contributed by atoms with Crippen LogP contribution >= 0.6 is 11.8 Å². The lowest BCUT2D eigenvalue weighted by Crippen LogP contribution is -2.43. The minimum atomic E-state index is -0.534. The van der Waals surface area contributed by atoms with E-state index >= 15 is 0 Å². The van der Waals surface area contributed by atoms with Crippen molar-refractivity contribution in [1.29, 1.82) is 0 Å². The average molecular weight is 387 g/mol. The zero-order valence-corrected chi connectivity index (χ0v) is 16.8. The number of carbonyl (C=O) groups is 2. The van der Waals surface area contributed by atoms with E-state index in [0.717, 1.165) is 17.1 Å². The predicted octanol–water partition coefficient (Wildman–Crippen LogP) is 4.37. The monoisotopic (exact) mass is 386 g/mol. The number of hydrogen-bond donors (Lipinski definition) is 2. The summed E-state index contributed by atoms with van der Waals surface area (Å²) in [5, 5.41) is 5.64. The molecule has 2 N–H and O–H groups in total. The second-order valence-corrected chi connectivity index (χ2v) is 7.17. The van der Waals surface area contributed by atoms with Gasteiger partial charge in [0.2, 0.25) is 11.8 Å². The largest absolute Gasteiger partial charge is 0.457 e. The van der Waals surface area contributed by atoms with E-state index in [1.807, 2.05) is 37.4 Å². The molecule has 0 bridgehead atoms. The number of anilines is 1. The third-order valence-corrected chi connectivity index (χ3v) is 4.57. The van der Waals surface area contributed by atoms with Crippen LogP contribution in [0.15, 0.2) is 48.5 Å². The Morgan fingerprint density at radius 3 is 2.48 bits per heavy atom. The van der Waals surface area contributed by atoms with Crippen LogP contribution in [0.5, 0.6) is 11.5 Å². The zero-order valence-electron chi connectivity index (χ0n) is 16.0. The van der Waals surface area contributed by atoms with Gasteiger partial charge in [-0.15, -0.1) is 0 Å². The lowest BCUT2D eigenvalue weighted by molar-refractivity contribution is -0.126. The Morgan fingerprint density at radius 2 is 1.85 bits per heavy atom. The van der Waals surface area contributed by atoms with Crippen LogP contribution in [-0.4, -0.2) is 29.9 Å². The van der Waals surface area contributed by atoms with Crippen molar-refractivity contribution in [3.05, 3.63) is 54.1 Å². The fourth-order valence-corrected chi connectivity index (χ4v) is 2.92. The normalized spacial score (nSPS) is 11.5. The predicted molar refractivity (Wildman–Crippen MR) is 112 cm³/mol. The summed E-state index contributed by atoms with van der Waals surface area (Å²) in [5.74, 6) is 1.92. The Bertz CT molecular complexity index is 762. The Balaban J connectivity index is 1.98. The second kappa shape index (κ2) is 10.6. The SMILES string of the molecule is CCC(=O)NC(CCSC)C(=O)Nc1ccc(Oc2cccc(C)c2)cc1. The van der Waals surface area contributed by atoms with E-state index in [-0.39, 0.29) is 11.8 Å². The van der Waals surface area contributed by atoms with Crippen molar-refractivity contribution in [3.63, 3.8) is 0 Å². The first-order valence-electron chi connectivity index (χ1n) is 8.95. The van der Waals surface area contributed by atoms with Gasteiger partial charge in [-0.2, -0.15) is 11.8 Å². The highest BCUT2D eigenvalue weighted by Gasteiger charge is 2.19. The average Bonchev–Trinajstić information content (AvgIpc) is 2.66. The third-order valence-electron chi connectivity index (χ3n) is 3.93. The van der Waals surface area contributed by atoms with E-state index in [4.69, 9.17) is 4.74 Å². The standard InChI is InChI=1S/C21H26N2O3S/c1-4-20(24)23-19(12-13-27-3)21(25)22-16-8-10-17(11-9-16)26-18-7-5-6-15(2)14-18/h5-11,14,19H,4,12-13H2,1-3H3,(H,22,25)(H,23,24). The Labute approximate surface area is 164 Å². The zero-order chi connectivity index (χ0) is 19.6. The quantitative estimate of drug-likeness (QED) is 0.671. The van der Waals surface area contributed by atoms with Crippen molar-refractivity contribution in [1.82, 2.24) is 5.32 Å². The van der Waals surface area contributed by atoms with Gasteiger partial charge >= 0.3 is 0 Å². The van der Waals surface area contributed by atoms with Gasteiger partial charge < -0.3 is 15.4 Å². The fraction of sp³-hybridized carbons (Fsp3) is 0.333. The van der Waals surface area contributed by atoms with Gasteiger partial charge in [0.15, 0.2) is 0 Å². The second-order valence-electron chi connectivity index (χ2n) is 6.19. The maximum Gasteiger partial charge on any atom is 0.246 e. The Kier molecular flexibility index (Phi) is 8.20. The number of aryl methyl sites for hydroxylation is 1. The van der Waals surface area contributed by atoms with Crippen molar-refractivity contribution in [2.75, 3.05) is 17.3 Å².